The van der Waals surface area contributed by atoms with Gasteiger partial charge in [-0.15, -0.1) is 5.01 Å². The lowest BCUT2D eigenvalue weighted by Crippen LogP contribution is -2.46. The first-order valence-electron chi connectivity index (χ1n) is 3.20. The Kier molecular flexibility index (Phi) is 2.06. The van der Waals surface area contributed by atoms with Gasteiger partial charge in [0.25, 0.3) is 0 Å². The normalized spacial score (nSPS) is 26.5. The quantitative estimate of drug-likeness (QED) is 0.383. The lowest BCUT2D eigenvalue weighted by molar-refractivity contribution is -0.668. The average Bonchev–Trinajstić information content (AvgIpc) is 1.88. The van der Waals surface area contributed by atoms with E-state index in [0.717, 1.165) is 0 Å². The van der Waals surface area contributed by atoms with Crippen molar-refractivity contribution in [3.63, 3.8) is 0 Å². The second kappa shape index (κ2) is 2.83. The van der Waals surface area contributed by atoms with E-state index < -0.39 is 0 Å². The monoisotopic (exact) mass is 146 g/mol. The first-order valence-corrected chi connectivity index (χ1v) is 3.20. The van der Waals surface area contributed by atoms with Crippen molar-refractivity contribution in [2.75, 3.05) is 19.8 Å². The van der Waals surface area contributed by atoms with E-state index in [0.29, 0.717) is 19.8 Å². The Morgan fingerprint density at radius 2 is 2.50 bits per heavy atom. The van der Waals surface area contributed by atoms with Crippen LogP contribution in [0.25, 0.3) is 0 Å². The third-order valence-electron chi connectivity index (χ3n) is 1.54. The van der Waals surface area contributed by atoms with Crippen LogP contribution < -0.4 is 0 Å². The Morgan fingerprint density at radius 1 is 1.80 bits per heavy atom. The Balaban J connectivity index is 2.47. The number of hydrogen-bond donors (Lipinski definition) is 0. The van der Waals surface area contributed by atoms with Gasteiger partial charge in [0.15, 0.2) is 5.03 Å². The summed E-state index contributed by atoms with van der Waals surface area (Å²) in [7, 11) is 0. The zero-order chi connectivity index (χ0) is 7.56. The van der Waals surface area contributed by atoms with E-state index in [9.17, 15) is 10.1 Å². The predicted octanol–water partition coefficient (Wildman–Crippen LogP) is -0.101. The standard InChI is InChI=1S/C5H10N2O3/c1-5-4-10-3-2-6(5)7(8)9/h5H,2-4H2,1H3. The Bertz CT molecular complexity index is 139. The number of morpholine rings is 1. The molecule has 5 heteroatoms. The van der Waals surface area contributed by atoms with E-state index in [2.05, 4.69) is 0 Å². The molecular formula is C5H10N2O3. The van der Waals surface area contributed by atoms with Crippen LogP contribution in [0, 0.1) is 10.1 Å². The lowest BCUT2D eigenvalue weighted by atomic mass is 10.3. The first-order chi connectivity index (χ1) is 4.72. The Hall–Kier alpha value is -0.840. The summed E-state index contributed by atoms with van der Waals surface area (Å²) in [5.74, 6) is 0. The Morgan fingerprint density at radius 3 is 2.90 bits per heavy atom. The maximum atomic E-state index is 10.2. The minimum Gasteiger partial charge on any atom is -0.377 e. The molecule has 0 aromatic rings. The van der Waals surface area contributed by atoms with E-state index in [-0.39, 0.29) is 11.1 Å². The summed E-state index contributed by atoms with van der Waals surface area (Å²) in [6.45, 7) is 3.10. The topological polar surface area (TPSA) is 55.6 Å². The van der Waals surface area contributed by atoms with Crippen molar-refractivity contribution in [2.24, 2.45) is 0 Å². The zero-order valence-electron chi connectivity index (χ0n) is 5.82. The summed E-state index contributed by atoms with van der Waals surface area (Å²) < 4.78 is 5.02. The fraction of sp³-hybridized carbons (Fsp3) is 1.00. The first kappa shape index (κ1) is 7.27. The molecule has 0 amide bonds. The average molecular weight is 146 g/mol. The molecule has 1 atom stereocenters. The van der Waals surface area contributed by atoms with Gasteiger partial charge in [-0.05, 0) is 6.92 Å². The van der Waals surface area contributed by atoms with E-state index in [1.54, 1.807) is 6.92 Å². The Labute approximate surface area is 58.7 Å². The summed E-state index contributed by atoms with van der Waals surface area (Å²) in [5.41, 5.74) is 0. The van der Waals surface area contributed by atoms with Crippen molar-refractivity contribution in [3.8, 4) is 0 Å². The van der Waals surface area contributed by atoms with E-state index in [1.165, 1.54) is 5.01 Å². The summed E-state index contributed by atoms with van der Waals surface area (Å²) >= 11 is 0. The van der Waals surface area contributed by atoms with Crippen molar-refractivity contribution in [3.05, 3.63) is 10.1 Å². The van der Waals surface area contributed by atoms with Crippen LogP contribution in [0.2, 0.25) is 0 Å². The molecule has 0 aromatic carbocycles. The third-order valence-corrected chi connectivity index (χ3v) is 1.54. The lowest BCUT2D eigenvalue weighted by Gasteiger charge is -2.25. The SMILES string of the molecule is CC1COCCN1[N+](=O)[O-]. The van der Waals surface area contributed by atoms with Gasteiger partial charge >= 0.3 is 0 Å². The zero-order valence-corrected chi connectivity index (χ0v) is 5.82. The molecule has 1 aliphatic rings. The second-order valence-corrected chi connectivity index (χ2v) is 2.32. The molecule has 0 spiro atoms. The summed E-state index contributed by atoms with van der Waals surface area (Å²) in [5, 5.41) is 11.1. The van der Waals surface area contributed by atoms with Gasteiger partial charge in [-0.25, -0.2) is 10.1 Å². The molecule has 1 heterocycles. The van der Waals surface area contributed by atoms with Gasteiger partial charge in [-0.1, -0.05) is 0 Å². The number of hydrazine groups is 1. The van der Waals surface area contributed by atoms with Crippen LogP contribution in [0.3, 0.4) is 0 Å². The maximum absolute atomic E-state index is 10.2. The van der Waals surface area contributed by atoms with Crippen molar-refractivity contribution < 1.29 is 9.77 Å². The van der Waals surface area contributed by atoms with Crippen LogP contribution in [-0.2, 0) is 4.74 Å². The van der Waals surface area contributed by atoms with Gasteiger partial charge in [0.1, 0.15) is 12.6 Å². The van der Waals surface area contributed by atoms with Gasteiger partial charge in [0.05, 0.1) is 13.2 Å². The van der Waals surface area contributed by atoms with Gasteiger partial charge in [0, 0.05) is 0 Å². The molecule has 0 aromatic heterocycles. The molecule has 1 fully saturated rings. The molecule has 1 unspecified atom stereocenters. The van der Waals surface area contributed by atoms with Crippen LogP contribution in [0.5, 0.6) is 0 Å². The molecule has 5 nitrogen and oxygen atoms in total. The minimum absolute atomic E-state index is 0.0938. The molecule has 58 valence electrons. The van der Waals surface area contributed by atoms with Crippen molar-refractivity contribution in [1.29, 1.82) is 0 Å². The third kappa shape index (κ3) is 1.36. The van der Waals surface area contributed by atoms with E-state index >= 15 is 0 Å². The van der Waals surface area contributed by atoms with Crippen LogP contribution in [-0.4, -0.2) is 35.8 Å². The highest BCUT2D eigenvalue weighted by molar-refractivity contribution is 4.62. The molecule has 1 saturated heterocycles. The van der Waals surface area contributed by atoms with Crippen molar-refractivity contribution in [1.82, 2.24) is 5.01 Å². The molecular weight excluding hydrogens is 136 g/mol. The molecule has 0 N–H and O–H groups in total. The largest absolute Gasteiger partial charge is 0.377 e. The smallest absolute Gasteiger partial charge is 0.160 e. The fourth-order valence-corrected chi connectivity index (χ4v) is 0.961. The van der Waals surface area contributed by atoms with Gasteiger partial charge in [0.2, 0.25) is 0 Å². The van der Waals surface area contributed by atoms with Crippen LogP contribution in [0.4, 0.5) is 0 Å². The molecule has 1 rings (SSSR count). The van der Waals surface area contributed by atoms with E-state index in [1.807, 2.05) is 0 Å². The molecule has 0 bridgehead atoms. The number of rotatable bonds is 1. The van der Waals surface area contributed by atoms with E-state index in [4.69, 9.17) is 4.74 Å². The van der Waals surface area contributed by atoms with Crippen LogP contribution in [0.15, 0.2) is 0 Å². The minimum atomic E-state index is -0.368. The summed E-state index contributed by atoms with van der Waals surface area (Å²) in [6.07, 6.45) is 0. The van der Waals surface area contributed by atoms with Crippen LogP contribution >= 0.6 is 0 Å². The van der Waals surface area contributed by atoms with Gasteiger partial charge in [-0.2, -0.15) is 0 Å². The molecule has 0 saturated carbocycles. The number of nitro groups is 1. The summed E-state index contributed by atoms with van der Waals surface area (Å²) in [6, 6.07) is -0.0938. The molecule has 1 aliphatic heterocycles. The molecule has 0 aliphatic carbocycles. The highest BCUT2D eigenvalue weighted by atomic mass is 16.7. The van der Waals surface area contributed by atoms with Gasteiger partial charge < -0.3 is 4.74 Å². The van der Waals surface area contributed by atoms with Crippen molar-refractivity contribution >= 4 is 0 Å². The second-order valence-electron chi connectivity index (χ2n) is 2.32. The number of hydrogen-bond acceptors (Lipinski definition) is 3. The van der Waals surface area contributed by atoms with Crippen LogP contribution in [0.1, 0.15) is 6.92 Å². The highest BCUT2D eigenvalue weighted by Crippen LogP contribution is 2.04. The maximum Gasteiger partial charge on any atom is 0.160 e. The highest BCUT2D eigenvalue weighted by Gasteiger charge is 2.25. The summed E-state index contributed by atoms with van der Waals surface area (Å²) in [4.78, 5) is 10.2. The number of nitrogens with zero attached hydrogens (tertiary/aromatic N) is 2. The van der Waals surface area contributed by atoms with Gasteiger partial charge in [-0.3, -0.25) is 0 Å². The molecule has 0 radical (unpaired) electrons. The molecule has 10 heavy (non-hydrogen) atoms. The number of ether oxygens (including phenoxy) is 1. The fourth-order valence-electron chi connectivity index (χ4n) is 0.961. The van der Waals surface area contributed by atoms with Crippen molar-refractivity contribution in [2.45, 2.75) is 13.0 Å². The predicted molar refractivity (Wildman–Crippen MR) is 34.0 cm³/mol.